The van der Waals surface area contributed by atoms with E-state index in [0.717, 1.165) is 5.92 Å². The standard InChI is InChI=1S/C17H30/c1-3-5-7-11-17(12-8-6-4-2)14-15-9-10-16(17)13-15/h10,15H,3-9,11-14H2,1-2H3. The predicted molar refractivity (Wildman–Crippen MR) is 76.1 cm³/mol. The Bertz CT molecular complexity index is 251. The summed E-state index contributed by atoms with van der Waals surface area (Å²) in [4.78, 5) is 0. The molecule has 0 aliphatic heterocycles. The number of rotatable bonds is 8. The second kappa shape index (κ2) is 6.07. The molecule has 1 saturated carbocycles. The SMILES string of the molecule is CCCCCC1(CCCCC)CC2CC=C1C2. The van der Waals surface area contributed by atoms with E-state index in [2.05, 4.69) is 19.9 Å². The Balaban J connectivity index is 1.92. The number of allylic oxidation sites excluding steroid dienone is 2. The Labute approximate surface area is 108 Å². The van der Waals surface area contributed by atoms with Crippen LogP contribution in [0.4, 0.5) is 0 Å². The van der Waals surface area contributed by atoms with Gasteiger partial charge in [-0.2, -0.15) is 0 Å². The zero-order valence-corrected chi connectivity index (χ0v) is 11.9. The van der Waals surface area contributed by atoms with Gasteiger partial charge in [-0.3, -0.25) is 0 Å². The fourth-order valence-electron chi connectivity index (χ4n) is 4.14. The average Bonchev–Trinajstić information content (AvgIpc) is 2.90. The predicted octanol–water partition coefficient (Wildman–Crippen LogP) is 5.87. The molecule has 2 bridgehead atoms. The van der Waals surface area contributed by atoms with E-state index < -0.39 is 0 Å². The molecule has 1 atom stereocenters. The van der Waals surface area contributed by atoms with Gasteiger partial charge in [0.25, 0.3) is 0 Å². The van der Waals surface area contributed by atoms with Crippen molar-refractivity contribution in [3.63, 3.8) is 0 Å². The van der Waals surface area contributed by atoms with Gasteiger partial charge in [0.1, 0.15) is 0 Å². The minimum absolute atomic E-state index is 0.674. The first-order valence-corrected chi connectivity index (χ1v) is 8.00. The largest absolute Gasteiger partial charge is 0.0845 e. The van der Waals surface area contributed by atoms with Gasteiger partial charge in [0, 0.05) is 0 Å². The monoisotopic (exact) mass is 234 g/mol. The van der Waals surface area contributed by atoms with E-state index in [1.54, 1.807) is 0 Å². The van der Waals surface area contributed by atoms with Gasteiger partial charge in [-0.25, -0.2) is 0 Å². The average molecular weight is 234 g/mol. The third kappa shape index (κ3) is 2.95. The lowest BCUT2D eigenvalue weighted by molar-refractivity contribution is 0.256. The van der Waals surface area contributed by atoms with E-state index >= 15 is 0 Å². The number of hydrogen-bond acceptors (Lipinski definition) is 0. The lowest BCUT2D eigenvalue weighted by Gasteiger charge is -2.34. The zero-order valence-electron chi connectivity index (χ0n) is 11.9. The molecular weight excluding hydrogens is 204 g/mol. The van der Waals surface area contributed by atoms with Crippen molar-refractivity contribution in [1.82, 2.24) is 0 Å². The van der Waals surface area contributed by atoms with E-state index in [1.165, 1.54) is 70.6 Å². The second-order valence-corrected chi connectivity index (χ2v) is 6.43. The first-order valence-electron chi connectivity index (χ1n) is 8.00. The summed E-state index contributed by atoms with van der Waals surface area (Å²) < 4.78 is 0. The Hall–Kier alpha value is -0.260. The lowest BCUT2D eigenvalue weighted by Crippen LogP contribution is -2.21. The molecule has 0 spiro atoms. The molecule has 0 nitrogen and oxygen atoms in total. The van der Waals surface area contributed by atoms with Gasteiger partial charge in [0.15, 0.2) is 0 Å². The van der Waals surface area contributed by atoms with Crippen LogP contribution in [0.5, 0.6) is 0 Å². The molecule has 0 aromatic rings. The van der Waals surface area contributed by atoms with E-state index in [9.17, 15) is 0 Å². The van der Waals surface area contributed by atoms with Crippen LogP contribution in [0.15, 0.2) is 11.6 Å². The van der Waals surface area contributed by atoms with Crippen molar-refractivity contribution in [2.24, 2.45) is 11.3 Å². The summed E-state index contributed by atoms with van der Waals surface area (Å²) >= 11 is 0. The van der Waals surface area contributed by atoms with E-state index in [4.69, 9.17) is 0 Å². The fraction of sp³-hybridized carbons (Fsp3) is 0.882. The van der Waals surface area contributed by atoms with Gasteiger partial charge in [-0.05, 0) is 43.4 Å². The molecule has 0 saturated heterocycles. The maximum absolute atomic E-state index is 2.60. The van der Waals surface area contributed by atoms with Gasteiger partial charge in [0.2, 0.25) is 0 Å². The van der Waals surface area contributed by atoms with Gasteiger partial charge < -0.3 is 0 Å². The molecule has 0 amide bonds. The summed E-state index contributed by atoms with van der Waals surface area (Å²) in [6.45, 7) is 4.65. The maximum Gasteiger partial charge on any atom is -0.00851 e. The number of unbranched alkanes of at least 4 members (excludes halogenated alkanes) is 4. The van der Waals surface area contributed by atoms with Crippen LogP contribution in [0, 0.1) is 11.3 Å². The molecule has 2 aliphatic carbocycles. The van der Waals surface area contributed by atoms with Crippen LogP contribution in [0.1, 0.15) is 84.5 Å². The van der Waals surface area contributed by atoms with E-state index in [1.807, 2.05) is 5.57 Å². The molecule has 0 radical (unpaired) electrons. The van der Waals surface area contributed by atoms with Gasteiger partial charge >= 0.3 is 0 Å². The van der Waals surface area contributed by atoms with Crippen molar-refractivity contribution in [1.29, 1.82) is 0 Å². The van der Waals surface area contributed by atoms with Crippen molar-refractivity contribution >= 4 is 0 Å². The Morgan fingerprint density at radius 2 is 1.71 bits per heavy atom. The first-order chi connectivity index (χ1) is 8.30. The van der Waals surface area contributed by atoms with Gasteiger partial charge in [-0.15, -0.1) is 0 Å². The van der Waals surface area contributed by atoms with E-state index in [-0.39, 0.29) is 0 Å². The Morgan fingerprint density at radius 1 is 1.06 bits per heavy atom. The lowest BCUT2D eigenvalue weighted by atomic mass is 9.71. The van der Waals surface area contributed by atoms with Gasteiger partial charge in [0.05, 0.1) is 0 Å². The van der Waals surface area contributed by atoms with Crippen LogP contribution in [0.3, 0.4) is 0 Å². The zero-order chi connectivity index (χ0) is 12.1. The highest BCUT2D eigenvalue weighted by Crippen LogP contribution is 2.57. The molecule has 0 heteroatoms. The summed E-state index contributed by atoms with van der Waals surface area (Å²) in [5.41, 5.74) is 2.54. The van der Waals surface area contributed by atoms with Crippen LogP contribution < -0.4 is 0 Å². The molecule has 0 N–H and O–H groups in total. The van der Waals surface area contributed by atoms with Crippen molar-refractivity contribution in [2.75, 3.05) is 0 Å². The smallest absolute Gasteiger partial charge is 0.00851 e. The van der Waals surface area contributed by atoms with Crippen LogP contribution >= 0.6 is 0 Å². The fourth-order valence-corrected chi connectivity index (χ4v) is 4.14. The van der Waals surface area contributed by atoms with Crippen molar-refractivity contribution in [2.45, 2.75) is 84.5 Å². The van der Waals surface area contributed by atoms with Crippen LogP contribution in [0.25, 0.3) is 0 Å². The topological polar surface area (TPSA) is 0 Å². The number of hydrogen-bond donors (Lipinski definition) is 0. The molecule has 1 unspecified atom stereocenters. The Kier molecular flexibility index (Phi) is 4.70. The van der Waals surface area contributed by atoms with Crippen molar-refractivity contribution in [3.05, 3.63) is 11.6 Å². The van der Waals surface area contributed by atoms with Crippen molar-refractivity contribution < 1.29 is 0 Å². The minimum atomic E-state index is 0.674. The molecule has 1 fully saturated rings. The molecule has 0 aromatic heterocycles. The normalized spacial score (nSPS) is 25.3. The molecule has 0 aromatic carbocycles. The summed E-state index contributed by atoms with van der Waals surface area (Å²) in [5, 5.41) is 0. The van der Waals surface area contributed by atoms with Crippen LogP contribution in [-0.2, 0) is 0 Å². The van der Waals surface area contributed by atoms with Crippen molar-refractivity contribution in [3.8, 4) is 0 Å². The highest BCUT2D eigenvalue weighted by molar-refractivity contribution is 5.26. The summed E-state index contributed by atoms with van der Waals surface area (Å²) in [6, 6.07) is 0. The second-order valence-electron chi connectivity index (χ2n) is 6.43. The summed E-state index contributed by atoms with van der Waals surface area (Å²) in [6.07, 6.45) is 18.5. The third-order valence-electron chi connectivity index (χ3n) is 5.08. The molecule has 2 aliphatic rings. The molecule has 2 rings (SSSR count). The molecule has 98 valence electrons. The highest BCUT2D eigenvalue weighted by atomic mass is 14.5. The number of fused-ring (bicyclic) bond motifs is 2. The molecule has 0 heterocycles. The van der Waals surface area contributed by atoms with E-state index in [0.29, 0.717) is 5.41 Å². The maximum atomic E-state index is 2.60. The third-order valence-corrected chi connectivity index (χ3v) is 5.08. The highest BCUT2D eigenvalue weighted by Gasteiger charge is 2.44. The molecular formula is C17H30. The molecule has 17 heavy (non-hydrogen) atoms. The summed E-state index contributed by atoms with van der Waals surface area (Å²) in [5.74, 6) is 1.04. The summed E-state index contributed by atoms with van der Waals surface area (Å²) in [7, 11) is 0. The van der Waals surface area contributed by atoms with Crippen LogP contribution in [0.2, 0.25) is 0 Å². The first kappa shape index (κ1) is 13.2. The van der Waals surface area contributed by atoms with Gasteiger partial charge in [-0.1, -0.05) is 64.0 Å². The van der Waals surface area contributed by atoms with Crippen LogP contribution in [-0.4, -0.2) is 0 Å². The Morgan fingerprint density at radius 3 is 2.12 bits per heavy atom. The minimum Gasteiger partial charge on any atom is -0.0845 e. The quantitative estimate of drug-likeness (QED) is 0.364.